The van der Waals surface area contributed by atoms with Crippen LogP contribution in [0.15, 0.2) is 303 Å². The van der Waals surface area contributed by atoms with Crippen molar-refractivity contribution in [1.29, 1.82) is 0 Å². The van der Waals surface area contributed by atoms with Gasteiger partial charge in [0.05, 0.1) is 22.7 Å². The molecule has 2 heteroatoms. The molecule has 18 rings (SSSR count). The van der Waals surface area contributed by atoms with Gasteiger partial charge >= 0.3 is 0 Å². The monoisotopic (exact) mass is 1200 g/mol. The fraction of sp³-hybridized carbons (Fsp3) is 0.0652. The number of hydrogen-bond acceptors (Lipinski definition) is 2. The Kier molecular flexibility index (Phi) is 12.7. The van der Waals surface area contributed by atoms with Crippen LogP contribution in [0.4, 0.5) is 34.1 Å². The highest BCUT2D eigenvalue weighted by Gasteiger charge is 2.38. The molecule has 0 heterocycles. The zero-order valence-corrected chi connectivity index (χ0v) is 53.1. The van der Waals surface area contributed by atoms with Gasteiger partial charge in [-0.15, -0.1) is 0 Å². The van der Waals surface area contributed by atoms with Crippen molar-refractivity contribution in [2.45, 2.75) is 38.5 Å². The van der Waals surface area contributed by atoms with E-state index in [0.717, 1.165) is 11.4 Å². The number of rotatable bonds is 10. The van der Waals surface area contributed by atoms with Crippen LogP contribution in [-0.4, -0.2) is 0 Å². The molecule has 0 spiro atoms. The molecule has 0 N–H and O–H groups in total. The molecule has 0 radical (unpaired) electrons. The lowest BCUT2D eigenvalue weighted by Gasteiger charge is -2.30. The average Bonchev–Trinajstić information content (AvgIpc) is 1.47. The molecule has 0 unspecified atom stereocenters. The lowest BCUT2D eigenvalue weighted by atomic mass is 9.81. The van der Waals surface area contributed by atoms with Crippen LogP contribution in [0.25, 0.3) is 122 Å². The number of fused-ring (bicyclic) bond motifs is 16. The predicted octanol–water partition coefficient (Wildman–Crippen LogP) is 25.7. The molecule has 0 saturated carbocycles. The molecule has 0 atom stereocenters. The SMILES string of the molecule is CC1(C)c2cc(/C=C/c3ccc4c5ccc(/C=C/c6ccc7c(c6)C(C)(C)c6cc(N(c8cccc9ccccc89)c8cccc9ccccc89)ccc6-7)cc5c5ccccc5c4c3)ccc2-c2ccc(N(c3cccc4ccccc34)c3cccc4ccccc34)cc21. The standard InChI is InChI=1S/C92H66N2/c1-91(2)83-55-61(43-49-77(83)79-51-45-67(57-85(79)91)93(87-33-15-23-63-19-5-9-27-69(63)87)88-34-16-24-64-20-6-10-28-70(64)88)39-37-59-41-47-75-76-48-42-60(54-82(76)74-32-14-13-31-73(74)81(75)53-59)38-40-62-44-50-78-80-52-46-68(58-86(80)92(3,4)84(78)56-62)94(89-35-17-25-65-21-7-11-29-71(65)89)90-36-18-26-66-22-8-12-30-72(66)90/h5-58H,1-4H3/b39-37+,40-38+. The molecular weight excluding hydrogens is 1130 g/mol. The summed E-state index contributed by atoms with van der Waals surface area (Å²) in [6, 6.07) is 113. The van der Waals surface area contributed by atoms with E-state index in [1.54, 1.807) is 0 Å². The number of nitrogens with zero attached hydrogens (tertiary/aromatic N) is 2. The van der Waals surface area contributed by atoms with E-state index in [-0.39, 0.29) is 10.8 Å². The second-order valence-electron chi connectivity index (χ2n) is 26.8. The first-order chi connectivity index (χ1) is 46.1. The van der Waals surface area contributed by atoms with Gasteiger partial charge in [-0.05, 0) is 181 Å². The quantitative estimate of drug-likeness (QED) is 0.0995. The van der Waals surface area contributed by atoms with E-state index in [9.17, 15) is 0 Å². The molecule has 0 bridgehead atoms. The van der Waals surface area contributed by atoms with Gasteiger partial charge in [-0.2, -0.15) is 0 Å². The van der Waals surface area contributed by atoms with Gasteiger partial charge in [0.2, 0.25) is 0 Å². The van der Waals surface area contributed by atoms with Crippen molar-refractivity contribution in [3.05, 3.63) is 348 Å². The van der Waals surface area contributed by atoms with Gasteiger partial charge in [0.15, 0.2) is 0 Å². The van der Waals surface area contributed by atoms with Gasteiger partial charge in [-0.3, -0.25) is 0 Å². The molecule has 2 nitrogen and oxygen atoms in total. The fourth-order valence-corrected chi connectivity index (χ4v) is 16.0. The van der Waals surface area contributed by atoms with Crippen molar-refractivity contribution >= 4 is 134 Å². The molecule has 0 fully saturated rings. The van der Waals surface area contributed by atoms with Gasteiger partial charge < -0.3 is 9.80 Å². The molecular formula is C92H66N2. The lowest BCUT2D eigenvalue weighted by molar-refractivity contribution is 0.660. The molecule has 94 heavy (non-hydrogen) atoms. The van der Waals surface area contributed by atoms with Gasteiger partial charge in [-0.1, -0.05) is 295 Å². The normalized spacial score (nSPS) is 13.6. The minimum atomic E-state index is -0.228. The first-order valence-electron chi connectivity index (χ1n) is 33.0. The Morgan fingerprint density at radius 1 is 0.213 bits per heavy atom. The Balaban J connectivity index is 0.632. The summed E-state index contributed by atoms with van der Waals surface area (Å²) in [5, 5.41) is 17.4. The third kappa shape index (κ3) is 8.85. The summed E-state index contributed by atoms with van der Waals surface area (Å²) >= 11 is 0. The van der Waals surface area contributed by atoms with Crippen LogP contribution >= 0.6 is 0 Å². The summed E-state index contributed by atoms with van der Waals surface area (Å²) in [6.45, 7) is 9.57. The second-order valence-corrected chi connectivity index (χ2v) is 26.8. The minimum Gasteiger partial charge on any atom is -0.309 e. The Labute approximate surface area is 548 Å². The van der Waals surface area contributed by atoms with E-state index in [2.05, 4.69) is 365 Å². The molecule has 2 aliphatic carbocycles. The predicted molar refractivity (Wildman–Crippen MR) is 404 cm³/mol. The summed E-state index contributed by atoms with van der Waals surface area (Å²) in [5.41, 5.74) is 21.8. The Hall–Kier alpha value is -11.6. The lowest BCUT2D eigenvalue weighted by Crippen LogP contribution is -2.17. The highest BCUT2D eigenvalue weighted by Crippen LogP contribution is 2.54. The van der Waals surface area contributed by atoms with Crippen molar-refractivity contribution in [2.24, 2.45) is 0 Å². The van der Waals surface area contributed by atoms with E-state index in [1.807, 2.05) is 0 Å². The smallest absolute Gasteiger partial charge is 0.0540 e. The first-order valence-corrected chi connectivity index (χ1v) is 33.0. The Morgan fingerprint density at radius 3 is 0.809 bits per heavy atom. The fourth-order valence-electron chi connectivity index (χ4n) is 16.0. The third-order valence-electron chi connectivity index (χ3n) is 20.7. The van der Waals surface area contributed by atoms with Crippen LogP contribution in [0.1, 0.15) is 72.2 Å². The second kappa shape index (κ2) is 21.5. The number of anilines is 6. The van der Waals surface area contributed by atoms with E-state index in [1.165, 1.54) is 165 Å². The molecule has 0 aliphatic heterocycles. The van der Waals surface area contributed by atoms with E-state index in [0.29, 0.717) is 0 Å². The van der Waals surface area contributed by atoms with Crippen LogP contribution in [0, 0.1) is 0 Å². The highest BCUT2D eigenvalue weighted by atomic mass is 15.2. The van der Waals surface area contributed by atoms with Gasteiger partial charge in [-0.25, -0.2) is 0 Å². The van der Waals surface area contributed by atoms with Crippen molar-refractivity contribution in [3.63, 3.8) is 0 Å². The van der Waals surface area contributed by atoms with Crippen molar-refractivity contribution in [1.82, 2.24) is 0 Å². The third-order valence-corrected chi connectivity index (χ3v) is 20.7. The summed E-state index contributed by atoms with van der Waals surface area (Å²) in [4.78, 5) is 4.95. The maximum absolute atomic E-state index is 2.47. The Morgan fingerprint density at radius 2 is 0.468 bits per heavy atom. The van der Waals surface area contributed by atoms with Crippen molar-refractivity contribution < 1.29 is 0 Å². The maximum Gasteiger partial charge on any atom is 0.0540 e. The summed E-state index contributed by atoms with van der Waals surface area (Å²) in [6.07, 6.45) is 9.17. The van der Waals surface area contributed by atoms with E-state index < -0.39 is 0 Å². The Bertz CT molecular complexity index is 5330. The number of hydrogen-bond donors (Lipinski definition) is 0. The van der Waals surface area contributed by atoms with Gasteiger partial charge in [0.25, 0.3) is 0 Å². The largest absolute Gasteiger partial charge is 0.309 e. The molecule has 2 aliphatic rings. The number of benzene rings is 16. The summed E-state index contributed by atoms with van der Waals surface area (Å²) in [7, 11) is 0. The topological polar surface area (TPSA) is 6.48 Å². The minimum absolute atomic E-state index is 0.228. The van der Waals surface area contributed by atoms with Crippen LogP contribution in [0.5, 0.6) is 0 Å². The molecule has 0 saturated heterocycles. The maximum atomic E-state index is 2.47. The van der Waals surface area contributed by atoms with Crippen LogP contribution in [0.3, 0.4) is 0 Å². The van der Waals surface area contributed by atoms with Gasteiger partial charge in [0.1, 0.15) is 0 Å². The molecule has 16 aromatic rings. The molecule has 0 amide bonds. The molecule has 16 aromatic carbocycles. The van der Waals surface area contributed by atoms with Crippen LogP contribution in [-0.2, 0) is 10.8 Å². The highest BCUT2D eigenvalue weighted by molar-refractivity contribution is 6.26. The van der Waals surface area contributed by atoms with Crippen LogP contribution in [0.2, 0.25) is 0 Å². The first kappa shape index (κ1) is 55.3. The molecule has 444 valence electrons. The van der Waals surface area contributed by atoms with Crippen molar-refractivity contribution in [3.8, 4) is 22.3 Å². The van der Waals surface area contributed by atoms with Crippen molar-refractivity contribution in [2.75, 3.05) is 9.80 Å². The van der Waals surface area contributed by atoms with E-state index in [4.69, 9.17) is 0 Å². The average molecular weight is 1200 g/mol. The zero-order valence-electron chi connectivity index (χ0n) is 53.1. The van der Waals surface area contributed by atoms with Crippen LogP contribution < -0.4 is 9.80 Å². The van der Waals surface area contributed by atoms with E-state index >= 15 is 0 Å². The summed E-state index contributed by atoms with van der Waals surface area (Å²) in [5.74, 6) is 0. The zero-order chi connectivity index (χ0) is 62.8. The summed E-state index contributed by atoms with van der Waals surface area (Å²) < 4.78 is 0. The molecule has 0 aromatic heterocycles. The van der Waals surface area contributed by atoms with Gasteiger partial charge in [0, 0.05) is 43.7 Å².